The Hall–Kier alpha value is -0.940. The Bertz CT molecular complexity index is 379. The van der Waals surface area contributed by atoms with Gasteiger partial charge in [-0.2, -0.15) is 5.26 Å². The van der Waals surface area contributed by atoms with Gasteiger partial charge in [-0.15, -0.1) is 0 Å². The third kappa shape index (κ3) is 3.57. The predicted octanol–water partition coefficient (Wildman–Crippen LogP) is 4.40. The van der Waals surface area contributed by atoms with E-state index in [0.717, 1.165) is 18.6 Å². The lowest BCUT2D eigenvalue weighted by atomic mass is 9.92. The number of rotatable bonds is 5. The van der Waals surface area contributed by atoms with Gasteiger partial charge in [0.1, 0.15) is 5.40 Å². The van der Waals surface area contributed by atoms with Crippen LogP contribution in [0.1, 0.15) is 42.4 Å². The summed E-state index contributed by atoms with van der Waals surface area (Å²) >= 11 is 1.36. The molecule has 1 nitrogen and oxygen atoms in total. The smallest absolute Gasteiger partial charge is 0.133 e. The third-order valence-electron chi connectivity index (χ3n) is 3.13. The first kappa shape index (κ1) is 13.1. The Balaban J connectivity index is 2.71. The van der Waals surface area contributed by atoms with Gasteiger partial charge in [-0.05, 0) is 61.1 Å². The first-order valence-electron chi connectivity index (χ1n) is 5.77. The van der Waals surface area contributed by atoms with E-state index in [-0.39, 0.29) is 0 Å². The normalized spacial score (nSPS) is 12.1. The monoisotopic (exact) mass is 233 g/mol. The Morgan fingerprint density at radius 3 is 2.62 bits per heavy atom. The van der Waals surface area contributed by atoms with Gasteiger partial charge in [0.2, 0.25) is 0 Å². The molecule has 0 aliphatic heterocycles. The molecule has 2 heteroatoms. The van der Waals surface area contributed by atoms with E-state index in [1.165, 1.54) is 28.5 Å². The Morgan fingerprint density at radius 1 is 1.31 bits per heavy atom. The van der Waals surface area contributed by atoms with Crippen molar-refractivity contribution < 1.29 is 0 Å². The van der Waals surface area contributed by atoms with Crippen LogP contribution < -0.4 is 0 Å². The van der Waals surface area contributed by atoms with Crippen LogP contribution in [-0.2, 0) is 0 Å². The average Bonchev–Trinajstić information content (AvgIpc) is 2.29. The van der Waals surface area contributed by atoms with Gasteiger partial charge in [0.15, 0.2) is 0 Å². The maximum atomic E-state index is 8.52. The van der Waals surface area contributed by atoms with Gasteiger partial charge in [0, 0.05) is 5.75 Å². The molecule has 0 aliphatic rings. The maximum absolute atomic E-state index is 8.52. The van der Waals surface area contributed by atoms with Crippen molar-refractivity contribution in [1.82, 2.24) is 0 Å². The summed E-state index contributed by atoms with van der Waals surface area (Å²) in [5.74, 6) is 1.53. The van der Waals surface area contributed by atoms with E-state index in [0.29, 0.717) is 5.92 Å². The van der Waals surface area contributed by atoms with Crippen LogP contribution >= 0.6 is 11.8 Å². The molecule has 0 saturated heterocycles. The first-order valence-corrected chi connectivity index (χ1v) is 6.75. The topological polar surface area (TPSA) is 23.8 Å². The zero-order chi connectivity index (χ0) is 12.0. The number of thioether (sulfide) groups is 1. The van der Waals surface area contributed by atoms with E-state index in [1.807, 2.05) is 0 Å². The second kappa shape index (κ2) is 6.60. The highest BCUT2D eigenvalue weighted by Gasteiger charge is 2.09. The van der Waals surface area contributed by atoms with E-state index in [2.05, 4.69) is 44.4 Å². The van der Waals surface area contributed by atoms with Crippen molar-refractivity contribution in [2.45, 2.75) is 39.5 Å². The largest absolute Gasteiger partial charge is 0.185 e. The lowest BCUT2D eigenvalue weighted by Crippen LogP contribution is -2.00. The number of nitrogens with zero attached hydrogens (tertiary/aromatic N) is 1. The number of aryl methyl sites for hydroxylation is 2. The van der Waals surface area contributed by atoms with Gasteiger partial charge in [-0.1, -0.05) is 25.1 Å². The van der Waals surface area contributed by atoms with E-state index in [9.17, 15) is 0 Å². The fourth-order valence-corrected chi connectivity index (χ4v) is 2.37. The molecule has 0 radical (unpaired) electrons. The molecule has 1 aromatic carbocycles. The van der Waals surface area contributed by atoms with Crippen LogP contribution in [0.3, 0.4) is 0 Å². The summed E-state index contributed by atoms with van der Waals surface area (Å²) in [4.78, 5) is 0. The molecule has 1 atom stereocenters. The summed E-state index contributed by atoms with van der Waals surface area (Å²) in [6, 6.07) is 6.72. The van der Waals surface area contributed by atoms with Gasteiger partial charge in [-0.3, -0.25) is 0 Å². The fraction of sp³-hybridized carbons (Fsp3) is 0.500. The standard InChI is InChI=1S/C14H19NS/c1-4-13(7-8-16-10-15)14-6-5-11(2)12(3)9-14/h5-6,9,13H,4,7-8H2,1-3H3. The van der Waals surface area contributed by atoms with E-state index < -0.39 is 0 Å². The molecule has 0 N–H and O–H groups in total. The van der Waals surface area contributed by atoms with E-state index in [4.69, 9.17) is 5.26 Å². The predicted molar refractivity (Wildman–Crippen MR) is 71.6 cm³/mol. The SMILES string of the molecule is CCC(CCSC#N)c1ccc(C)c(C)c1. The summed E-state index contributed by atoms with van der Waals surface area (Å²) < 4.78 is 0. The molecule has 1 aromatic rings. The maximum Gasteiger partial charge on any atom is 0.133 e. The summed E-state index contributed by atoms with van der Waals surface area (Å²) in [5, 5.41) is 10.7. The molecule has 16 heavy (non-hydrogen) atoms. The molecule has 0 aliphatic carbocycles. The Labute approximate surface area is 103 Å². The third-order valence-corrected chi connectivity index (χ3v) is 3.70. The van der Waals surface area contributed by atoms with Crippen molar-refractivity contribution in [1.29, 1.82) is 5.26 Å². The van der Waals surface area contributed by atoms with Crippen molar-refractivity contribution >= 4 is 11.8 Å². The van der Waals surface area contributed by atoms with Gasteiger partial charge < -0.3 is 0 Å². The lowest BCUT2D eigenvalue weighted by Gasteiger charge is -2.15. The average molecular weight is 233 g/mol. The molecule has 0 amide bonds. The molecule has 0 saturated carbocycles. The lowest BCUT2D eigenvalue weighted by molar-refractivity contribution is 0.647. The minimum absolute atomic E-state index is 0.597. The Morgan fingerprint density at radius 2 is 2.06 bits per heavy atom. The molecular weight excluding hydrogens is 214 g/mol. The molecule has 0 fully saturated rings. The number of benzene rings is 1. The molecule has 0 spiro atoms. The Kier molecular flexibility index (Phi) is 5.42. The van der Waals surface area contributed by atoms with Crippen molar-refractivity contribution in [2.75, 3.05) is 5.75 Å². The van der Waals surface area contributed by atoms with Crippen molar-refractivity contribution in [2.24, 2.45) is 0 Å². The van der Waals surface area contributed by atoms with Crippen LogP contribution in [0.4, 0.5) is 0 Å². The van der Waals surface area contributed by atoms with Crippen LogP contribution in [0, 0.1) is 24.5 Å². The van der Waals surface area contributed by atoms with E-state index >= 15 is 0 Å². The second-order valence-electron chi connectivity index (χ2n) is 4.18. The van der Waals surface area contributed by atoms with Crippen LogP contribution in [0.5, 0.6) is 0 Å². The molecule has 0 bridgehead atoms. The zero-order valence-corrected chi connectivity index (χ0v) is 11.1. The molecular formula is C14H19NS. The van der Waals surface area contributed by atoms with Crippen LogP contribution in [0.15, 0.2) is 18.2 Å². The van der Waals surface area contributed by atoms with Crippen LogP contribution in [0.25, 0.3) is 0 Å². The van der Waals surface area contributed by atoms with Crippen molar-refractivity contribution in [3.05, 3.63) is 34.9 Å². The van der Waals surface area contributed by atoms with Gasteiger partial charge in [0.25, 0.3) is 0 Å². The number of nitriles is 1. The number of hydrogen-bond donors (Lipinski definition) is 0. The van der Waals surface area contributed by atoms with Gasteiger partial charge in [0.05, 0.1) is 0 Å². The number of thiocyanates is 1. The van der Waals surface area contributed by atoms with Crippen molar-refractivity contribution in [3.8, 4) is 5.40 Å². The molecule has 86 valence electrons. The van der Waals surface area contributed by atoms with E-state index in [1.54, 1.807) is 0 Å². The zero-order valence-electron chi connectivity index (χ0n) is 10.3. The van der Waals surface area contributed by atoms with Crippen molar-refractivity contribution in [3.63, 3.8) is 0 Å². The van der Waals surface area contributed by atoms with Gasteiger partial charge in [-0.25, -0.2) is 0 Å². The minimum Gasteiger partial charge on any atom is -0.185 e. The second-order valence-corrected chi connectivity index (χ2v) is 5.06. The van der Waals surface area contributed by atoms with Crippen LogP contribution in [-0.4, -0.2) is 5.75 Å². The van der Waals surface area contributed by atoms with Crippen LogP contribution in [0.2, 0.25) is 0 Å². The highest BCUT2D eigenvalue weighted by molar-refractivity contribution is 8.03. The molecule has 1 unspecified atom stereocenters. The quantitative estimate of drug-likeness (QED) is 0.556. The highest BCUT2D eigenvalue weighted by Crippen LogP contribution is 2.26. The molecule has 1 rings (SSSR count). The minimum atomic E-state index is 0.597. The summed E-state index contributed by atoms with van der Waals surface area (Å²) in [6.45, 7) is 6.53. The summed E-state index contributed by atoms with van der Waals surface area (Å²) in [6.07, 6.45) is 2.24. The summed E-state index contributed by atoms with van der Waals surface area (Å²) in [5.41, 5.74) is 4.14. The number of hydrogen-bond acceptors (Lipinski definition) is 2. The summed E-state index contributed by atoms with van der Waals surface area (Å²) in [7, 11) is 0. The first-order chi connectivity index (χ1) is 7.69. The molecule has 0 aromatic heterocycles. The van der Waals surface area contributed by atoms with Gasteiger partial charge >= 0.3 is 0 Å². The molecule has 0 heterocycles. The fourth-order valence-electron chi connectivity index (χ4n) is 1.87. The highest BCUT2D eigenvalue weighted by atomic mass is 32.2.